The van der Waals surface area contributed by atoms with Gasteiger partial charge in [0.1, 0.15) is 5.69 Å². The summed E-state index contributed by atoms with van der Waals surface area (Å²) in [4.78, 5) is 4.82. The number of hydrogen-bond donors (Lipinski definition) is 2. The summed E-state index contributed by atoms with van der Waals surface area (Å²) in [5, 5.41) is 31.6. The van der Waals surface area contributed by atoms with E-state index < -0.39 is 5.54 Å². The third-order valence-electron chi connectivity index (χ3n) is 5.85. The molecule has 11 nitrogen and oxygen atoms in total. The predicted octanol–water partition coefficient (Wildman–Crippen LogP) is 1.70. The molecule has 4 aromatic rings. The number of aryl methyl sites for hydroxylation is 1. The second-order valence-corrected chi connectivity index (χ2v) is 7.90. The number of hydrogen-bond acceptors (Lipinski definition) is 8. The number of fused-ring (bicyclic) bond motifs is 1. The normalized spacial score (nSPS) is 20.3. The Balaban J connectivity index is 1.65. The maximum atomic E-state index is 9.34. The van der Waals surface area contributed by atoms with Crippen LogP contribution < -0.4 is 11.5 Å². The van der Waals surface area contributed by atoms with Gasteiger partial charge in [-0.05, 0) is 18.9 Å². The van der Waals surface area contributed by atoms with Crippen LogP contribution in [-0.4, -0.2) is 34.2 Å². The lowest BCUT2D eigenvalue weighted by molar-refractivity contribution is 0.0885. The average molecular weight is 413 g/mol. The minimum Gasteiger partial charge on any atom is -0.382 e. The van der Waals surface area contributed by atoms with Crippen LogP contribution in [0.4, 0.5) is 11.6 Å². The Morgan fingerprint density at radius 3 is 2.58 bits per heavy atom. The number of nitrogen functional groups attached to an aromatic ring is 2. The van der Waals surface area contributed by atoms with Crippen LogP contribution >= 0.6 is 0 Å². The Labute approximate surface area is 177 Å². The maximum Gasteiger partial charge on any atom is 0.155 e. The zero-order valence-electron chi connectivity index (χ0n) is 16.8. The Bertz CT molecular complexity index is 1380. The van der Waals surface area contributed by atoms with Crippen LogP contribution in [0.1, 0.15) is 19.3 Å². The zero-order chi connectivity index (χ0) is 21.8. The van der Waals surface area contributed by atoms with Crippen molar-refractivity contribution in [3.05, 3.63) is 30.9 Å². The van der Waals surface area contributed by atoms with Gasteiger partial charge in [0.15, 0.2) is 11.6 Å². The van der Waals surface area contributed by atoms with Crippen LogP contribution in [-0.2, 0) is 12.6 Å². The molecule has 0 radical (unpaired) electrons. The Hall–Kier alpha value is -4.38. The van der Waals surface area contributed by atoms with Crippen LogP contribution in [0, 0.1) is 28.6 Å². The van der Waals surface area contributed by atoms with E-state index in [0.717, 1.165) is 5.52 Å². The lowest BCUT2D eigenvalue weighted by atomic mass is 9.67. The van der Waals surface area contributed by atoms with Gasteiger partial charge in [0.05, 0.1) is 64.7 Å². The molecule has 0 aliphatic heterocycles. The van der Waals surface area contributed by atoms with Crippen LogP contribution in [0.15, 0.2) is 30.9 Å². The molecule has 31 heavy (non-hydrogen) atoms. The number of rotatable bonds is 4. The van der Waals surface area contributed by atoms with E-state index in [2.05, 4.69) is 27.4 Å². The summed E-state index contributed by atoms with van der Waals surface area (Å²) in [6.45, 7) is 0. The zero-order valence-corrected chi connectivity index (χ0v) is 16.8. The van der Waals surface area contributed by atoms with Gasteiger partial charge in [-0.1, -0.05) is 0 Å². The first-order valence-corrected chi connectivity index (χ1v) is 9.70. The molecule has 1 aliphatic carbocycles. The summed E-state index contributed by atoms with van der Waals surface area (Å²) in [5.74, 6) is 0.574. The lowest BCUT2D eigenvalue weighted by Crippen LogP contribution is -2.46. The van der Waals surface area contributed by atoms with Crippen LogP contribution in [0.5, 0.6) is 0 Å². The molecule has 1 fully saturated rings. The molecule has 0 aromatic carbocycles. The Morgan fingerprint density at radius 1 is 1.13 bits per heavy atom. The van der Waals surface area contributed by atoms with Gasteiger partial charge < -0.3 is 11.5 Å². The van der Waals surface area contributed by atoms with E-state index >= 15 is 0 Å². The van der Waals surface area contributed by atoms with Crippen molar-refractivity contribution in [2.45, 2.75) is 24.8 Å². The standard InChI is InChI=1S/C20H19N11/c1-29-9-13(18(23)27-29)15-11-30-16(2-5-25-30)17(26-15)14-10-31(28-19(14)24)20(3-4-21)6-12(7-20)8-22/h2,5,9-12H,3,6-7H2,1H3,(H2,23,27)(H2,24,28)/t12-,20-. The molecule has 1 saturated carbocycles. The third kappa shape index (κ3) is 2.79. The topological polar surface area (TPSA) is 165 Å². The van der Waals surface area contributed by atoms with E-state index in [1.165, 1.54) is 0 Å². The molecule has 0 amide bonds. The SMILES string of the molecule is Cn1cc(-c2cn3nccc3c(-c3cn([C@]4(CC#N)C[C@@H](C#N)C4)nc3N)n2)c(N)n1. The Kier molecular flexibility index (Phi) is 3.95. The number of nitrogens with two attached hydrogens (primary N) is 2. The molecule has 4 N–H and O–H groups in total. The van der Waals surface area contributed by atoms with E-state index in [0.29, 0.717) is 47.0 Å². The van der Waals surface area contributed by atoms with Gasteiger partial charge in [0.25, 0.3) is 0 Å². The first-order chi connectivity index (χ1) is 14.9. The largest absolute Gasteiger partial charge is 0.382 e. The Morgan fingerprint density at radius 2 is 1.90 bits per heavy atom. The first kappa shape index (κ1) is 18.6. The van der Waals surface area contributed by atoms with Crippen molar-refractivity contribution in [2.75, 3.05) is 11.5 Å². The van der Waals surface area contributed by atoms with E-state index in [1.807, 2.05) is 12.3 Å². The van der Waals surface area contributed by atoms with Gasteiger partial charge in [-0.25, -0.2) is 9.50 Å². The van der Waals surface area contributed by atoms with Crippen molar-refractivity contribution >= 4 is 17.2 Å². The molecule has 0 saturated heterocycles. The first-order valence-electron chi connectivity index (χ1n) is 9.70. The monoisotopic (exact) mass is 413 g/mol. The van der Waals surface area contributed by atoms with Crippen molar-refractivity contribution in [3.63, 3.8) is 0 Å². The predicted molar refractivity (Wildman–Crippen MR) is 112 cm³/mol. The fourth-order valence-corrected chi connectivity index (χ4v) is 4.28. The van der Waals surface area contributed by atoms with Crippen molar-refractivity contribution < 1.29 is 0 Å². The van der Waals surface area contributed by atoms with Crippen molar-refractivity contribution in [1.29, 1.82) is 10.5 Å². The number of anilines is 2. The fraction of sp³-hybridized carbons (Fsp3) is 0.300. The van der Waals surface area contributed by atoms with Crippen molar-refractivity contribution in [1.82, 2.24) is 34.2 Å². The number of nitrogens with zero attached hydrogens (tertiary/aromatic N) is 9. The highest BCUT2D eigenvalue weighted by Gasteiger charge is 2.47. The third-order valence-corrected chi connectivity index (χ3v) is 5.85. The van der Waals surface area contributed by atoms with E-state index in [-0.39, 0.29) is 12.3 Å². The second kappa shape index (κ2) is 6.57. The van der Waals surface area contributed by atoms with Crippen molar-refractivity contribution in [2.24, 2.45) is 13.0 Å². The van der Waals surface area contributed by atoms with Crippen LogP contribution in [0.3, 0.4) is 0 Å². The molecule has 0 atom stereocenters. The molecule has 5 rings (SSSR count). The molecule has 11 heteroatoms. The van der Waals surface area contributed by atoms with Gasteiger partial charge in [0.2, 0.25) is 0 Å². The molecular formula is C20H19N11. The van der Waals surface area contributed by atoms with Crippen LogP contribution in [0.25, 0.3) is 28.0 Å². The smallest absolute Gasteiger partial charge is 0.155 e. The second-order valence-electron chi connectivity index (χ2n) is 7.90. The van der Waals surface area contributed by atoms with Gasteiger partial charge in [-0.15, -0.1) is 0 Å². The van der Waals surface area contributed by atoms with Gasteiger partial charge in [-0.2, -0.15) is 25.8 Å². The number of nitriles is 2. The number of aromatic nitrogens is 7. The molecular weight excluding hydrogens is 394 g/mol. The highest BCUT2D eigenvalue weighted by Crippen LogP contribution is 2.47. The average Bonchev–Trinajstić information content (AvgIpc) is 3.42. The van der Waals surface area contributed by atoms with Crippen molar-refractivity contribution in [3.8, 4) is 34.7 Å². The fourth-order valence-electron chi connectivity index (χ4n) is 4.28. The summed E-state index contributed by atoms with van der Waals surface area (Å²) in [7, 11) is 1.79. The summed E-state index contributed by atoms with van der Waals surface area (Å²) >= 11 is 0. The molecule has 0 bridgehead atoms. The molecule has 0 unspecified atom stereocenters. The molecule has 4 aromatic heterocycles. The lowest BCUT2D eigenvalue weighted by Gasteiger charge is -2.43. The molecule has 154 valence electrons. The summed E-state index contributed by atoms with van der Waals surface area (Å²) < 4.78 is 5.06. The van der Waals surface area contributed by atoms with Gasteiger partial charge in [-0.3, -0.25) is 9.36 Å². The summed E-state index contributed by atoms with van der Waals surface area (Å²) in [6, 6.07) is 6.33. The highest BCUT2D eigenvalue weighted by molar-refractivity contribution is 5.84. The summed E-state index contributed by atoms with van der Waals surface area (Å²) in [6.07, 6.45) is 8.46. The van der Waals surface area contributed by atoms with Crippen LogP contribution in [0.2, 0.25) is 0 Å². The maximum absolute atomic E-state index is 9.34. The van der Waals surface area contributed by atoms with E-state index in [4.69, 9.17) is 16.5 Å². The minimum absolute atomic E-state index is 0.0845. The minimum atomic E-state index is -0.524. The molecule has 1 aliphatic rings. The summed E-state index contributed by atoms with van der Waals surface area (Å²) in [5.41, 5.74) is 15.1. The quantitative estimate of drug-likeness (QED) is 0.510. The van der Waals surface area contributed by atoms with Gasteiger partial charge >= 0.3 is 0 Å². The highest BCUT2D eigenvalue weighted by atomic mass is 15.3. The molecule has 0 spiro atoms. The van der Waals surface area contributed by atoms with Gasteiger partial charge in [0, 0.05) is 19.4 Å². The molecule has 4 heterocycles. The van der Waals surface area contributed by atoms with E-state index in [1.54, 1.807) is 39.5 Å². The van der Waals surface area contributed by atoms with E-state index in [9.17, 15) is 10.5 Å².